The van der Waals surface area contributed by atoms with Crippen LogP contribution >= 0.6 is 0 Å². The number of anilines is 2. The molecule has 0 bridgehead atoms. The first-order chi connectivity index (χ1) is 16.1. The van der Waals surface area contributed by atoms with Crippen LogP contribution in [0.3, 0.4) is 0 Å². The summed E-state index contributed by atoms with van der Waals surface area (Å²) < 4.78 is 34.8. The summed E-state index contributed by atoms with van der Waals surface area (Å²) in [5.41, 5.74) is 1.66. The summed E-state index contributed by atoms with van der Waals surface area (Å²) in [5, 5.41) is 1.89. The SMILES string of the molecule is O=S(=O)(Nc1cccc(OC2CCN(c3ccncc3)CC2)c1)c1ccc2ccccc2c1. The van der Waals surface area contributed by atoms with E-state index in [2.05, 4.69) is 14.6 Å². The second kappa shape index (κ2) is 9.11. The Morgan fingerprint density at radius 2 is 1.61 bits per heavy atom. The predicted molar refractivity (Wildman–Crippen MR) is 131 cm³/mol. The van der Waals surface area contributed by atoms with Gasteiger partial charge in [-0.1, -0.05) is 36.4 Å². The monoisotopic (exact) mass is 459 g/mol. The predicted octanol–water partition coefficient (Wildman–Crippen LogP) is 5.08. The van der Waals surface area contributed by atoms with Crippen molar-refractivity contribution >= 4 is 32.2 Å². The summed E-state index contributed by atoms with van der Waals surface area (Å²) >= 11 is 0. The van der Waals surface area contributed by atoms with Crippen LogP contribution in [0.2, 0.25) is 0 Å². The Morgan fingerprint density at radius 1 is 0.848 bits per heavy atom. The minimum Gasteiger partial charge on any atom is -0.490 e. The first-order valence-corrected chi connectivity index (χ1v) is 12.5. The van der Waals surface area contributed by atoms with Crippen LogP contribution in [0, 0.1) is 0 Å². The minimum atomic E-state index is -3.71. The summed E-state index contributed by atoms with van der Waals surface area (Å²) in [7, 11) is -3.71. The van der Waals surface area contributed by atoms with E-state index in [0.29, 0.717) is 11.4 Å². The van der Waals surface area contributed by atoms with Gasteiger partial charge in [0.15, 0.2) is 0 Å². The number of rotatable bonds is 6. The molecule has 168 valence electrons. The fourth-order valence-corrected chi connectivity index (χ4v) is 5.25. The van der Waals surface area contributed by atoms with Gasteiger partial charge in [0.1, 0.15) is 11.9 Å². The van der Waals surface area contributed by atoms with Crippen molar-refractivity contribution in [1.82, 2.24) is 4.98 Å². The Morgan fingerprint density at radius 3 is 2.39 bits per heavy atom. The molecule has 0 radical (unpaired) electrons. The summed E-state index contributed by atoms with van der Waals surface area (Å²) in [6.07, 6.45) is 5.51. The Bertz CT molecular complexity index is 1350. The molecule has 0 aliphatic carbocycles. The largest absolute Gasteiger partial charge is 0.490 e. The van der Waals surface area contributed by atoms with Crippen LogP contribution < -0.4 is 14.4 Å². The molecule has 1 aliphatic rings. The highest BCUT2D eigenvalue weighted by molar-refractivity contribution is 7.92. The molecule has 1 fully saturated rings. The zero-order valence-corrected chi connectivity index (χ0v) is 18.9. The molecule has 0 unspecified atom stereocenters. The summed E-state index contributed by atoms with van der Waals surface area (Å²) in [4.78, 5) is 6.64. The van der Waals surface area contributed by atoms with E-state index in [1.165, 1.54) is 5.69 Å². The van der Waals surface area contributed by atoms with Crippen molar-refractivity contribution < 1.29 is 13.2 Å². The molecule has 0 saturated carbocycles. The van der Waals surface area contributed by atoms with Crippen molar-refractivity contribution in [3.63, 3.8) is 0 Å². The van der Waals surface area contributed by atoms with E-state index in [1.807, 2.05) is 60.9 Å². The van der Waals surface area contributed by atoms with Gasteiger partial charge in [0.2, 0.25) is 0 Å². The van der Waals surface area contributed by atoms with Gasteiger partial charge in [-0.2, -0.15) is 0 Å². The number of fused-ring (bicyclic) bond motifs is 1. The molecule has 5 rings (SSSR count). The van der Waals surface area contributed by atoms with E-state index in [1.54, 1.807) is 30.3 Å². The lowest BCUT2D eigenvalue weighted by molar-refractivity contribution is 0.171. The first kappa shape index (κ1) is 21.3. The molecule has 0 amide bonds. The summed E-state index contributed by atoms with van der Waals surface area (Å²) in [6, 6.07) is 24.0. The van der Waals surface area contributed by atoms with Crippen molar-refractivity contribution in [2.24, 2.45) is 0 Å². The molecule has 2 heterocycles. The van der Waals surface area contributed by atoms with Crippen molar-refractivity contribution in [1.29, 1.82) is 0 Å². The quantitative estimate of drug-likeness (QED) is 0.435. The third-order valence-electron chi connectivity index (χ3n) is 5.89. The maximum atomic E-state index is 13.0. The van der Waals surface area contributed by atoms with Gasteiger partial charge in [-0.25, -0.2) is 8.42 Å². The lowest BCUT2D eigenvalue weighted by atomic mass is 10.1. The third-order valence-corrected chi connectivity index (χ3v) is 7.27. The van der Waals surface area contributed by atoms with Crippen LogP contribution in [0.5, 0.6) is 5.75 Å². The van der Waals surface area contributed by atoms with E-state index < -0.39 is 10.0 Å². The molecule has 6 nitrogen and oxygen atoms in total. The Labute approximate surface area is 193 Å². The second-order valence-corrected chi connectivity index (χ2v) is 9.83. The molecule has 1 N–H and O–H groups in total. The topological polar surface area (TPSA) is 71.5 Å². The van der Waals surface area contributed by atoms with Crippen LogP contribution in [-0.4, -0.2) is 32.6 Å². The van der Waals surface area contributed by atoms with Crippen molar-refractivity contribution in [3.05, 3.63) is 91.3 Å². The molecule has 1 aliphatic heterocycles. The Kier molecular flexibility index (Phi) is 5.88. The van der Waals surface area contributed by atoms with Crippen molar-refractivity contribution in [2.75, 3.05) is 22.7 Å². The van der Waals surface area contributed by atoms with Gasteiger partial charge in [0.25, 0.3) is 10.0 Å². The lowest BCUT2D eigenvalue weighted by Crippen LogP contribution is -2.38. The van der Waals surface area contributed by atoms with Gasteiger partial charge in [-0.3, -0.25) is 9.71 Å². The van der Waals surface area contributed by atoms with Gasteiger partial charge in [0, 0.05) is 50.1 Å². The Balaban J connectivity index is 1.24. The van der Waals surface area contributed by atoms with Crippen molar-refractivity contribution in [2.45, 2.75) is 23.8 Å². The molecule has 4 aromatic rings. The molecular weight excluding hydrogens is 434 g/mol. The standard InChI is InChI=1S/C26H25N3O3S/c30-33(31,26-9-8-20-4-1-2-5-21(20)18-26)28-22-6-3-7-25(19-22)32-24-12-16-29(17-13-24)23-10-14-27-15-11-23/h1-11,14-15,18-19,24,28H,12-13,16-17H2. The molecule has 0 spiro atoms. The number of benzene rings is 3. The number of nitrogens with zero attached hydrogens (tertiary/aromatic N) is 2. The van der Waals surface area contributed by atoms with Gasteiger partial charge in [0.05, 0.1) is 10.6 Å². The Hall–Kier alpha value is -3.58. The van der Waals surface area contributed by atoms with Crippen molar-refractivity contribution in [3.8, 4) is 5.75 Å². The van der Waals surface area contributed by atoms with Crippen LogP contribution in [0.1, 0.15) is 12.8 Å². The molecule has 1 aromatic heterocycles. The minimum absolute atomic E-state index is 0.0930. The average molecular weight is 460 g/mol. The fourth-order valence-electron chi connectivity index (χ4n) is 4.16. The van der Waals surface area contributed by atoms with E-state index in [-0.39, 0.29) is 11.0 Å². The van der Waals surface area contributed by atoms with E-state index >= 15 is 0 Å². The highest BCUT2D eigenvalue weighted by Crippen LogP contribution is 2.26. The molecule has 33 heavy (non-hydrogen) atoms. The zero-order valence-electron chi connectivity index (χ0n) is 18.1. The van der Waals surface area contributed by atoms with Gasteiger partial charge in [-0.05, 0) is 47.2 Å². The zero-order chi connectivity index (χ0) is 22.7. The highest BCUT2D eigenvalue weighted by atomic mass is 32.2. The summed E-state index contributed by atoms with van der Waals surface area (Å²) in [5.74, 6) is 0.663. The normalized spacial score (nSPS) is 14.8. The maximum Gasteiger partial charge on any atom is 0.261 e. The number of ether oxygens (including phenoxy) is 1. The lowest BCUT2D eigenvalue weighted by Gasteiger charge is -2.33. The fraction of sp³-hybridized carbons (Fsp3) is 0.192. The molecule has 0 atom stereocenters. The molecule has 1 saturated heterocycles. The number of hydrogen-bond acceptors (Lipinski definition) is 5. The number of pyridine rings is 1. The first-order valence-electron chi connectivity index (χ1n) is 11.0. The number of nitrogens with one attached hydrogen (secondary N) is 1. The third kappa shape index (κ3) is 4.93. The van der Waals surface area contributed by atoms with Crippen LogP contribution in [0.25, 0.3) is 10.8 Å². The van der Waals surface area contributed by atoms with E-state index in [9.17, 15) is 8.42 Å². The molecular formula is C26H25N3O3S. The number of hydrogen-bond donors (Lipinski definition) is 1. The maximum absolute atomic E-state index is 13.0. The average Bonchev–Trinajstić information content (AvgIpc) is 2.85. The van der Waals surface area contributed by atoms with Gasteiger partial charge in [-0.15, -0.1) is 0 Å². The van der Waals surface area contributed by atoms with Gasteiger partial charge >= 0.3 is 0 Å². The van der Waals surface area contributed by atoms with Crippen LogP contribution in [-0.2, 0) is 10.0 Å². The second-order valence-electron chi connectivity index (χ2n) is 8.15. The number of piperidine rings is 1. The van der Waals surface area contributed by atoms with Crippen LogP contribution in [0.4, 0.5) is 11.4 Å². The van der Waals surface area contributed by atoms with E-state index in [4.69, 9.17) is 4.74 Å². The number of aromatic nitrogens is 1. The van der Waals surface area contributed by atoms with Crippen LogP contribution in [0.15, 0.2) is 96.2 Å². The number of sulfonamides is 1. The van der Waals surface area contributed by atoms with E-state index in [0.717, 1.165) is 36.7 Å². The summed E-state index contributed by atoms with van der Waals surface area (Å²) in [6.45, 7) is 1.81. The highest BCUT2D eigenvalue weighted by Gasteiger charge is 2.21. The van der Waals surface area contributed by atoms with Gasteiger partial charge < -0.3 is 9.64 Å². The molecule has 7 heteroatoms. The molecule has 3 aromatic carbocycles. The smallest absolute Gasteiger partial charge is 0.261 e.